The van der Waals surface area contributed by atoms with Crippen LogP contribution in [0, 0.1) is 0 Å². The second kappa shape index (κ2) is 4.03. The van der Waals surface area contributed by atoms with Gasteiger partial charge in [-0.05, 0) is 34.6 Å². The molecule has 0 bridgehead atoms. The third kappa shape index (κ3) is 3.74. The molecule has 0 aliphatic rings. The molecular formula is C9H22O4P2. The van der Waals surface area contributed by atoms with Crippen LogP contribution < -0.4 is 0 Å². The Labute approximate surface area is 92.2 Å². The summed E-state index contributed by atoms with van der Waals surface area (Å²) in [6.07, 6.45) is 6.91. The van der Waals surface area contributed by atoms with Crippen molar-refractivity contribution in [2.75, 3.05) is 0 Å². The van der Waals surface area contributed by atoms with Crippen LogP contribution in [0.5, 0.6) is 0 Å². The van der Waals surface area contributed by atoms with E-state index in [-0.39, 0.29) is 0 Å². The summed E-state index contributed by atoms with van der Waals surface area (Å²) in [7, 11) is -6.62. The molecule has 1 unspecified atom stereocenters. The Balaban J connectivity index is 5.23. The molecular weight excluding hydrogens is 234 g/mol. The Morgan fingerprint density at radius 2 is 1.27 bits per heavy atom. The molecule has 0 spiro atoms. The Kier molecular flexibility index (Phi) is 4.15. The lowest BCUT2D eigenvalue weighted by Gasteiger charge is -2.42. The molecule has 0 fully saturated rings. The van der Waals surface area contributed by atoms with Crippen LogP contribution in [0.3, 0.4) is 0 Å². The van der Waals surface area contributed by atoms with E-state index in [2.05, 4.69) is 12.6 Å². The van der Waals surface area contributed by atoms with Gasteiger partial charge in [0.2, 0.25) is 0 Å². The highest BCUT2D eigenvalue weighted by Gasteiger charge is 2.44. The fourth-order valence-corrected chi connectivity index (χ4v) is 4.07. The van der Waals surface area contributed by atoms with Crippen molar-refractivity contribution in [1.29, 1.82) is 0 Å². The first-order valence-corrected chi connectivity index (χ1v) is 8.29. The summed E-state index contributed by atoms with van der Waals surface area (Å²) in [6, 6.07) is 0. The highest BCUT2D eigenvalue weighted by molar-refractivity contribution is 7.82. The van der Waals surface area contributed by atoms with Gasteiger partial charge in [-0.2, -0.15) is 0 Å². The van der Waals surface area contributed by atoms with Gasteiger partial charge in [0.1, 0.15) is 14.7 Å². The minimum absolute atomic E-state index is 0.587. The van der Waals surface area contributed by atoms with E-state index in [1.807, 2.05) is 0 Å². The highest BCUT2D eigenvalue weighted by Crippen LogP contribution is 2.71. The van der Waals surface area contributed by atoms with Crippen LogP contribution in [0.4, 0.5) is 0 Å². The van der Waals surface area contributed by atoms with Crippen LogP contribution >= 0.6 is 14.7 Å². The van der Waals surface area contributed by atoms with Crippen molar-refractivity contribution < 1.29 is 19.2 Å². The lowest BCUT2D eigenvalue weighted by Crippen LogP contribution is -2.28. The van der Waals surface area contributed by atoms with Crippen LogP contribution in [-0.2, 0) is 4.52 Å². The number of hydrogen-bond acceptors (Lipinski definition) is 4. The standard InChI is InChI=1S/C9H22O4P2/c1-8(2,3)13-15(7,12)9(4,5)14(6,10)11/h10-12H,6-7H2,1-5H3. The average molecular weight is 256 g/mol. The minimum Gasteiger partial charge on any atom is -0.353 e. The quantitative estimate of drug-likeness (QED) is 0.676. The molecule has 6 heteroatoms. The van der Waals surface area contributed by atoms with Crippen molar-refractivity contribution in [1.82, 2.24) is 0 Å². The summed E-state index contributed by atoms with van der Waals surface area (Å²) in [4.78, 5) is 28.1. The maximum absolute atomic E-state index is 10.2. The van der Waals surface area contributed by atoms with Crippen LogP contribution in [0.15, 0.2) is 0 Å². The third-order valence-electron chi connectivity index (χ3n) is 2.16. The van der Waals surface area contributed by atoms with Crippen LogP contribution in [0.1, 0.15) is 34.6 Å². The second-order valence-corrected chi connectivity index (χ2v) is 10.8. The molecule has 4 nitrogen and oxygen atoms in total. The molecule has 92 valence electrons. The molecule has 0 aromatic carbocycles. The first-order valence-electron chi connectivity index (χ1n) is 4.57. The van der Waals surface area contributed by atoms with E-state index in [1.54, 1.807) is 20.8 Å². The molecule has 0 heterocycles. The lowest BCUT2D eigenvalue weighted by molar-refractivity contribution is 0.126. The Hall–Kier alpha value is 0.440. The smallest absolute Gasteiger partial charge is 0.129 e. The molecule has 0 radical (unpaired) electrons. The van der Waals surface area contributed by atoms with Crippen molar-refractivity contribution in [2.24, 2.45) is 0 Å². The predicted octanol–water partition coefficient (Wildman–Crippen LogP) is 2.07. The molecule has 15 heavy (non-hydrogen) atoms. The van der Waals surface area contributed by atoms with E-state index in [0.29, 0.717) is 0 Å². The van der Waals surface area contributed by atoms with Crippen LogP contribution in [0.25, 0.3) is 0 Å². The van der Waals surface area contributed by atoms with Gasteiger partial charge in [-0.1, -0.05) is 12.6 Å². The molecule has 0 saturated heterocycles. The molecule has 0 aromatic heterocycles. The topological polar surface area (TPSA) is 69.9 Å². The molecule has 0 rings (SSSR count). The Bertz CT molecular complexity index is 321. The first kappa shape index (κ1) is 15.4. The van der Waals surface area contributed by atoms with E-state index < -0.39 is 25.2 Å². The second-order valence-electron chi connectivity index (χ2n) is 5.13. The molecule has 0 aromatic rings. The van der Waals surface area contributed by atoms with Crippen molar-refractivity contribution >= 4 is 27.3 Å². The van der Waals surface area contributed by atoms with Gasteiger partial charge in [0.05, 0.1) is 10.5 Å². The van der Waals surface area contributed by atoms with E-state index in [4.69, 9.17) is 4.52 Å². The average Bonchev–Trinajstić information content (AvgIpc) is 1.77. The fourth-order valence-electron chi connectivity index (χ4n) is 0.815. The van der Waals surface area contributed by atoms with E-state index in [9.17, 15) is 14.7 Å². The van der Waals surface area contributed by atoms with Crippen LogP contribution in [0.2, 0.25) is 0 Å². The largest absolute Gasteiger partial charge is 0.353 e. The van der Waals surface area contributed by atoms with Crippen molar-refractivity contribution in [3.05, 3.63) is 0 Å². The van der Waals surface area contributed by atoms with Gasteiger partial charge in [-0.25, -0.2) is 0 Å². The zero-order chi connectivity index (χ0) is 12.7. The summed E-state index contributed by atoms with van der Waals surface area (Å²) in [5.74, 6) is 0. The van der Waals surface area contributed by atoms with Gasteiger partial charge in [-0.3, -0.25) is 0 Å². The van der Waals surface area contributed by atoms with Gasteiger partial charge >= 0.3 is 0 Å². The Morgan fingerprint density at radius 3 is 1.47 bits per heavy atom. The van der Waals surface area contributed by atoms with Gasteiger partial charge in [0.25, 0.3) is 0 Å². The highest BCUT2D eigenvalue weighted by atomic mass is 31.2. The van der Waals surface area contributed by atoms with E-state index in [1.165, 1.54) is 13.8 Å². The van der Waals surface area contributed by atoms with Gasteiger partial charge < -0.3 is 19.2 Å². The van der Waals surface area contributed by atoms with E-state index in [0.717, 1.165) is 0 Å². The van der Waals surface area contributed by atoms with Crippen molar-refractivity contribution in [3.63, 3.8) is 0 Å². The summed E-state index contributed by atoms with van der Waals surface area (Å²) in [5, 5.41) is 0. The van der Waals surface area contributed by atoms with Crippen molar-refractivity contribution in [2.45, 2.75) is 45.1 Å². The summed E-state index contributed by atoms with van der Waals surface area (Å²) >= 11 is 0. The third-order valence-corrected chi connectivity index (χ3v) is 8.37. The van der Waals surface area contributed by atoms with Gasteiger partial charge in [-0.15, -0.1) is 0 Å². The maximum atomic E-state index is 10.2. The normalized spacial score (nSPS) is 18.7. The summed E-state index contributed by atoms with van der Waals surface area (Å²) < 4.78 is 5.44. The fraction of sp³-hybridized carbons (Fsp3) is 0.778. The SMILES string of the molecule is C=P(O)(O)C(C)(C)P(=C)(O)OC(C)(C)C. The zero-order valence-corrected chi connectivity index (χ0v) is 11.8. The molecule has 0 saturated carbocycles. The van der Waals surface area contributed by atoms with Gasteiger partial charge in [0.15, 0.2) is 0 Å². The minimum atomic E-state index is -3.46. The Morgan fingerprint density at radius 1 is 0.933 bits per heavy atom. The van der Waals surface area contributed by atoms with E-state index >= 15 is 0 Å². The molecule has 0 aliphatic heterocycles. The number of hydrogen-bond donors (Lipinski definition) is 3. The predicted molar refractivity (Wildman–Crippen MR) is 69.7 cm³/mol. The van der Waals surface area contributed by atoms with Crippen LogP contribution in [-0.4, -0.2) is 37.8 Å². The monoisotopic (exact) mass is 256 g/mol. The maximum Gasteiger partial charge on any atom is 0.129 e. The van der Waals surface area contributed by atoms with Gasteiger partial charge in [0, 0.05) is 0 Å². The van der Waals surface area contributed by atoms with Crippen molar-refractivity contribution in [3.8, 4) is 0 Å². The summed E-state index contributed by atoms with van der Waals surface area (Å²) in [5.41, 5.74) is -0.587. The lowest BCUT2D eigenvalue weighted by atomic mass is 10.2. The molecule has 3 N–H and O–H groups in total. The zero-order valence-electron chi connectivity index (χ0n) is 10.1. The summed E-state index contributed by atoms with van der Waals surface area (Å²) in [6.45, 7) is 8.35. The molecule has 1 atom stereocenters. The molecule has 0 aliphatic carbocycles. The number of rotatable bonds is 3. The first-order chi connectivity index (χ1) is 6.21. The molecule has 0 amide bonds.